The zero-order chi connectivity index (χ0) is 18.3. The van der Waals surface area contributed by atoms with Gasteiger partial charge in [0.15, 0.2) is 9.84 Å². The molecule has 136 valence electrons. The van der Waals surface area contributed by atoms with Crippen LogP contribution in [0.4, 0.5) is 0 Å². The van der Waals surface area contributed by atoms with E-state index in [1.165, 1.54) is 6.07 Å². The summed E-state index contributed by atoms with van der Waals surface area (Å²) in [5.41, 5.74) is 0.407. The van der Waals surface area contributed by atoms with E-state index < -0.39 is 37.1 Å². The van der Waals surface area contributed by atoms with Crippen LogP contribution in [0.25, 0.3) is 0 Å². The van der Waals surface area contributed by atoms with Crippen molar-refractivity contribution in [2.75, 3.05) is 6.54 Å². The summed E-state index contributed by atoms with van der Waals surface area (Å²) in [6, 6.07) is 1.02. The van der Waals surface area contributed by atoms with Crippen molar-refractivity contribution in [3.8, 4) is 0 Å². The first-order chi connectivity index (χ1) is 11.0. The van der Waals surface area contributed by atoms with Crippen molar-refractivity contribution in [1.82, 2.24) is 10.0 Å². The van der Waals surface area contributed by atoms with Crippen molar-refractivity contribution in [2.45, 2.75) is 53.0 Å². The van der Waals surface area contributed by atoms with Crippen LogP contribution in [0.3, 0.4) is 0 Å². The van der Waals surface area contributed by atoms with Crippen molar-refractivity contribution in [3.05, 3.63) is 11.6 Å². The van der Waals surface area contributed by atoms with Crippen LogP contribution in [0.2, 0.25) is 0 Å². The van der Waals surface area contributed by atoms with Crippen LogP contribution in [0.1, 0.15) is 38.8 Å². The molecular formula is C13H20N2O6S3. The Hall–Kier alpha value is -1.01. The molecule has 0 aliphatic carbocycles. The molecule has 0 bridgehead atoms. The van der Waals surface area contributed by atoms with Crippen molar-refractivity contribution in [3.63, 3.8) is 0 Å². The second-order valence-corrected chi connectivity index (χ2v) is 11.2. The van der Waals surface area contributed by atoms with E-state index in [2.05, 4.69) is 5.32 Å². The molecule has 8 nitrogen and oxygen atoms in total. The van der Waals surface area contributed by atoms with Crippen molar-refractivity contribution in [1.29, 1.82) is 0 Å². The van der Waals surface area contributed by atoms with Gasteiger partial charge in [-0.3, -0.25) is 4.79 Å². The van der Waals surface area contributed by atoms with Crippen LogP contribution in [0, 0.1) is 0 Å². The number of fused-ring (bicyclic) bond motifs is 1. The number of carbonyl (C=O) groups is 1. The molecule has 11 heteroatoms. The van der Waals surface area contributed by atoms with Crippen LogP contribution < -0.4 is 10.0 Å². The number of rotatable bonds is 5. The highest BCUT2D eigenvalue weighted by molar-refractivity contribution is 7.95. The third-order valence-electron chi connectivity index (χ3n) is 3.76. The van der Waals surface area contributed by atoms with Gasteiger partial charge in [0.25, 0.3) is 15.9 Å². The van der Waals surface area contributed by atoms with Crippen LogP contribution in [-0.4, -0.2) is 45.7 Å². The molecule has 0 fully saturated rings. The Morgan fingerprint density at radius 1 is 1.50 bits per heavy atom. The predicted octanol–water partition coefficient (Wildman–Crippen LogP) is 0.150. The van der Waals surface area contributed by atoms with E-state index in [0.29, 0.717) is 29.9 Å². The maximum absolute atomic E-state index is 12.5. The first-order valence-electron chi connectivity index (χ1n) is 7.36. The highest BCUT2D eigenvalue weighted by Crippen LogP contribution is 2.42. The molecule has 2 heterocycles. The summed E-state index contributed by atoms with van der Waals surface area (Å²) in [7, 11) is -7.84. The third kappa shape index (κ3) is 3.49. The monoisotopic (exact) mass is 396 g/mol. The lowest BCUT2D eigenvalue weighted by Gasteiger charge is -2.27. The standard InChI is InChI=1S/C13H20N2O6S3/c1-4-14-10-5-7(2)23(18,19)13-9(10)6-11(22-13)24(20,21)15-12(17)8(3)16/h6-8,10,14,16H,4-5H2,1-3H3,(H,15,17)/t7-,8?,10-/m0/s1. The van der Waals surface area contributed by atoms with Gasteiger partial charge in [0.05, 0.1) is 5.25 Å². The lowest BCUT2D eigenvalue weighted by Crippen LogP contribution is -2.36. The fraction of sp³-hybridized carbons (Fsp3) is 0.615. The first-order valence-corrected chi connectivity index (χ1v) is 11.2. The van der Waals surface area contributed by atoms with Gasteiger partial charge in [-0.2, -0.15) is 0 Å². The Kier molecular flexibility index (Phi) is 5.40. The smallest absolute Gasteiger partial charge is 0.273 e. The summed E-state index contributed by atoms with van der Waals surface area (Å²) in [6.07, 6.45) is -1.15. The number of hydrogen-bond donors (Lipinski definition) is 3. The minimum absolute atomic E-state index is 0.0112. The van der Waals surface area contributed by atoms with Gasteiger partial charge in [-0.25, -0.2) is 21.6 Å². The number of nitrogens with one attached hydrogen (secondary N) is 2. The van der Waals surface area contributed by atoms with Crippen molar-refractivity contribution >= 4 is 37.1 Å². The van der Waals surface area contributed by atoms with E-state index in [1.807, 2.05) is 6.92 Å². The van der Waals surface area contributed by atoms with Crippen LogP contribution >= 0.6 is 11.3 Å². The average Bonchev–Trinajstić information content (AvgIpc) is 2.92. The second kappa shape index (κ2) is 6.71. The van der Waals surface area contributed by atoms with Crippen LogP contribution in [0.5, 0.6) is 0 Å². The number of sulfone groups is 1. The van der Waals surface area contributed by atoms with Crippen LogP contribution in [0.15, 0.2) is 14.5 Å². The first kappa shape index (κ1) is 19.3. The lowest BCUT2D eigenvalue weighted by molar-refractivity contribution is -0.126. The summed E-state index contributed by atoms with van der Waals surface area (Å²) in [5, 5.41) is 11.7. The van der Waals surface area contributed by atoms with Gasteiger partial charge in [0.1, 0.15) is 14.5 Å². The Bertz CT molecular complexity index is 841. The molecule has 0 radical (unpaired) electrons. The fourth-order valence-electron chi connectivity index (χ4n) is 2.44. The SMILES string of the molecule is CCN[C@H]1C[C@H](C)S(=O)(=O)c2sc(S(=O)(=O)NC(=O)C(C)O)cc21. The molecule has 1 unspecified atom stereocenters. The Morgan fingerprint density at radius 3 is 2.67 bits per heavy atom. The number of aliphatic hydroxyl groups is 1. The summed E-state index contributed by atoms with van der Waals surface area (Å²) in [5.74, 6) is -1.07. The highest BCUT2D eigenvalue weighted by Gasteiger charge is 2.39. The average molecular weight is 397 g/mol. The van der Waals surface area contributed by atoms with Gasteiger partial charge in [-0.15, -0.1) is 11.3 Å². The minimum atomic E-state index is -4.24. The molecular weight excluding hydrogens is 376 g/mol. The molecule has 0 saturated carbocycles. The lowest BCUT2D eigenvalue weighted by atomic mass is 10.1. The maximum atomic E-state index is 12.5. The summed E-state index contributed by atoms with van der Waals surface area (Å²) in [6.45, 7) is 5.21. The number of aliphatic hydroxyl groups excluding tert-OH is 1. The molecule has 1 aliphatic rings. The zero-order valence-electron chi connectivity index (χ0n) is 13.4. The number of hydrogen-bond acceptors (Lipinski definition) is 8. The molecule has 1 amide bonds. The predicted molar refractivity (Wildman–Crippen MR) is 89.0 cm³/mol. The number of sulfonamides is 1. The summed E-state index contributed by atoms with van der Waals surface area (Å²) < 4.78 is 51.0. The highest BCUT2D eigenvalue weighted by atomic mass is 32.3. The number of amides is 1. The molecule has 1 aromatic rings. The van der Waals surface area contributed by atoms with E-state index in [0.717, 1.165) is 6.92 Å². The van der Waals surface area contributed by atoms with E-state index >= 15 is 0 Å². The number of carbonyl (C=O) groups excluding carboxylic acids is 1. The number of thiophene rings is 1. The van der Waals surface area contributed by atoms with Gasteiger partial charge in [0, 0.05) is 11.6 Å². The fourth-order valence-corrected chi connectivity index (χ4v) is 7.48. The normalized spacial score (nSPS) is 24.2. The van der Waals surface area contributed by atoms with E-state index in [4.69, 9.17) is 5.11 Å². The molecule has 3 N–H and O–H groups in total. The van der Waals surface area contributed by atoms with E-state index in [-0.39, 0.29) is 14.5 Å². The Balaban J connectivity index is 2.50. The summed E-state index contributed by atoms with van der Waals surface area (Å²) >= 11 is 0.624. The molecule has 0 saturated heterocycles. The summed E-state index contributed by atoms with van der Waals surface area (Å²) in [4.78, 5) is 11.5. The Morgan fingerprint density at radius 2 is 2.12 bits per heavy atom. The van der Waals surface area contributed by atoms with Gasteiger partial charge >= 0.3 is 0 Å². The van der Waals surface area contributed by atoms with Gasteiger partial charge < -0.3 is 10.4 Å². The Labute approximate surface area is 145 Å². The zero-order valence-corrected chi connectivity index (χ0v) is 15.9. The molecule has 24 heavy (non-hydrogen) atoms. The van der Waals surface area contributed by atoms with Gasteiger partial charge in [-0.1, -0.05) is 6.92 Å². The third-order valence-corrected chi connectivity index (χ3v) is 9.48. The maximum Gasteiger partial charge on any atom is 0.273 e. The largest absolute Gasteiger partial charge is 0.384 e. The molecule has 1 aromatic heterocycles. The molecule has 0 aromatic carbocycles. The van der Waals surface area contributed by atoms with E-state index in [9.17, 15) is 21.6 Å². The molecule has 0 spiro atoms. The van der Waals surface area contributed by atoms with Crippen molar-refractivity contribution < 1.29 is 26.7 Å². The van der Waals surface area contributed by atoms with Gasteiger partial charge in [-0.05, 0) is 32.9 Å². The van der Waals surface area contributed by atoms with Gasteiger partial charge in [0.2, 0.25) is 0 Å². The quantitative estimate of drug-likeness (QED) is 0.646. The van der Waals surface area contributed by atoms with Crippen LogP contribution in [-0.2, 0) is 24.7 Å². The topological polar surface area (TPSA) is 130 Å². The minimum Gasteiger partial charge on any atom is -0.384 e. The van der Waals surface area contributed by atoms with Crippen molar-refractivity contribution in [2.24, 2.45) is 0 Å². The van der Waals surface area contributed by atoms with E-state index in [1.54, 1.807) is 11.6 Å². The molecule has 3 atom stereocenters. The molecule has 2 rings (SSSR count). The molecule has 1 aliphatic heterocycles. The second-order valence-electron chi connectivity index (χ2n) is 5.66.